The average molecular weight is 399 g/mol. The van der Waals surface area contributed by atoms with Crippen molar-refractivity contribution in [3.63, 3.8) is 0 Å². The molecule has 4 aliphatic rings. The molecule has 3 aliphatic heterocycles. The number of hydrogen-bond acceptors (Lipinski definition) is 4. The van der Waals surface area contributed by atoms with Crippen LogP contribution in [0.5, 0.6) is 0 Å². The molecular weight excluding hydrogens is 368 g/mol. The first-order chi connectivity index (χ1) is 14.1. The number of carbonyl (C=O) groups excluding carboxylic acids is 2. The van der Waals surface area contributed by atoms with Crippen LogP contribution in [0.25, 0.3) is 0 Å². The maximum atomic E-state index is 13.5. The second kappa shape index (κ2) is 7.40. The van der Waals surface area contributed by atoms with E-state index in [-0.39, 0.29) is 41.8 Å². The third-order valence-corrected chi connectivity index (χ3v) is 7.37. The molecule has 2 amide bonds. The number of likely N-dealkylation sites (tertiary alicyclic amines) is 2. The molecule has 1 spiro atoms. The van der Waals surface area contributed by atoms with Crippen LogP contribution in [0.15, 0.2) is 30.3 Å². The lowest BCUT2D eigenvalue weighted by atomic mass is 9.60. The molecule has 156 valence electrons. The summed E-state index contributed by atoms with van der Waals surface area (Å²) in [5, 5.41) is 10.2. The van der Waals surface area contributed by atoms with Gasteiger partial charge < -0.3 is 19.6 Å². The molecule has 1 aliphatic carbocycles. The Morgan fingerprint density at radius 3 is 2.38 bits per heavy atom. The van der Waals surface area contributed by atoms with E-state index in [0.717, 1.165) is 31.2 Å². The molecule has 5 rings (SSSR count). The van der Waals surface area contributed by atoms with Gasteiger partial charge in [0.05, 0.1) is 18.2 Å². The molecule has 0 radical (unpaired) electrons. The van der Waals surface area contributed by atoms with Gasteiger partial charge in [0.2, 0.25) is 11.8 Å². The van der Waals surface area contributed by atoms with E-state index in [1.807, 2.05) is 28.0 Å². The molecular formula is C23H30N2O4. The average Bonchev–Trinajstić information content (AvgIpc) is 3.52. The zero-order valence-electron chi connectivity index (χ0n) is 16.8. The van der Waals surface area contributed by atoms with Crippen molar-refractivity contribution >= 4 is 11.8 Å². The number of rotatable bonds is 5. The smallest absolute Gasteiger partial charge is 0.226 e. The quantitative estimate of drug-likeness (QED) is 0.821. The van der Waals surface area contributed by atoms with E-state index in [9.17, 15) is 14.7 Å². The van der Waals surface area contributed by atoms with Crippen LogP contribution >= 0.6 is 0 Å². The molecule has 1 saturated carbocycles. The zero-order valence-corrected chi connectivity index (χ0v) is 16.8. The number of aliphatic hydroxyl groups excluding tert-OH is 1. The molecule has 6 nitrogen and oxygen atoms in total. The molecule has 0 unspecified atom stereocenters. The van der Waals surface area contributed by atoms with Crippen molar-refractivity contribution in [3.05, 3.63) is 35.9 Å². The first kappa shape index (κ1) is 19.1. The lowest BCUT2D eigenvalue weighted by molar-refractivity contribution is -0.207. The first-order valence-corrected chi connectivity index (χ1v) is 11.0. The van der Waals surface area contributed by atoms with Gasteiger partial charge in [-0.2, -0.15) is 0 Å². The van der Waals surface area contributed by atoms with E-state index in [4.69, 9.17) is 4.74 Å². The van der Waals surface area contributed by atoms with Crippen LogP contribution in [0.1, 0.15) is 43.6 Å². The van der Waals surface area contributed by atoms with Crippen molar-refractivity contribution in [3.8, 4) is 0 Å². The van der Waals surface area contributed by atoms with Crippen LogP contribution in [0.3, 0.4) is 0 Å². The Balaban J connectivity index is 1.40. The summed E-state index contributed by atoms with van der Waals surface area (Å²) < 4.78 is 5.44. The second-order valence-corrected chi connectivity index (χ2v) is 9.23. The van der Waals surface area contributed by atoms with Crippen molar-refractivity contribution in [2.24, 2.45) is 11.8 Å². The third-order valence-electron chi connectivity index (χ3n) is 7.37. The van der Waals surface area contributed by atoms with Gasteiger partial charge in [0.15, 0.2) is 0 Å². The summed E-state index contributed by atoms with van der Waals surface area (Å²) in [6.45, 7) is 2.36. The van der Waals surface area contributed by atoms with Crippen molar-refractivity contribution in [2.45, 2.75) is 49.6 Å². The third kappa shape index (κ3) is 3.17. The number of amides is 2. The molecule has 3 saturated heterocycles. The summed E-state index contributed by atoms with van der Waals surface area (Å²) in [5.74, 6) is 0.949. The normalized spacial score (nSPS) is 28.7. The molecule has 2 atom stereocenters. The highest BCUT2D eigenvalue weighted by Crippen LogP contribution is 2.55. The number of aliphatic hydroxyl groups is 1. The summed E-state index contributed by atoms with van der Waals surface area (Å²) in [7, 11) is 0. The summed E-state index contributed by atoms with van der Waals surface area (Å²) in [4.78, 5) is 30.0. The predicted molar refractivity (Wildman–Crippen MR) is 107 cm³/mol. The van der Waals surface area contributed by atoms with E-state index >= 15 is 0 Å². The van der Waals surface area contributed by atoms with Gasteiger partial charge in [-0.1, -0.05) is 30.3 Å². The van der Waals surface area contributed by atoms with Gasteiger partial charge in [0, 0.05) is 44.6 Å². The highest BCUT2D eigenvalue weighted by molar-refractivity contribution is 5.84. The van der Waals surface area contributed by atoms with Crippen LogP contribution in [0, 0.1) is 11.8 Å². The van der Waals surface area contributed by atoms with E-state index in [1.165, 1.54) is 0 Å². The Labute approximate surface area is 171 Å². The summed E-state index contributed by atoms with van der Waals surface area (Å²) >= 11 is 0. The van der Waals surface area contributed by atoms with Crippen LogP contribution in [0.4, 0.5) is 0 Å². The number of carbonyl (C=O) groups is 2. The molecule has 3 heterocycles. The topological polar surface area (TPSA) is 70.1 Å². The Morgan fingerprint density at radius 2 is 1.76 bits per heavy atom. The zero-order chi connectivity index (χ0) is 20.0. The van der Waals surface area contributed by atoms with Gasteiger partial charge in [0.1, 0.15) is 0 Å². The van der Waals surface area contributed by atoms with E-state index in [2.05, 4.69) is 12.1 Å². The first-order valence-electron chi connectivity index (χ1n) is 11.0. The van der Waals surface area contributed by atoms with Crippen molar-refractivity contribution in [1.82, 2.24) is 9.80 Å². The fourth-order valence-electron chi connectivity index (χ4n) is 5.65. The fourth-order valence-corrected chi connectivity index (χ4v) is 5.65. The van der Waals surface area contributed by atoms with Crippen LogP contribution < -0.4 is 0 Å². The summed E-state index contributed by atoms with van der Waals surface area (Å²) in [6.07, 6.45) is 4.45. The van der Waals surface area contributed by atoms with Crippen LogP contribution in [-0.2, 0) is 14.3 Å². The Kier molecular flexibility index (Phi) is 4.87. The van der Waals surface area contributed by atoms with Crippen molar-refractivity contribution in [1.29, 1.82) is 0 Å². The predicted octanol–water partition coefficient (Wildman–Crippen LogP) is 1.78. The SMILES string of the molecule is O=C(CC1CC1)N1CC2(C1)[C@H](c1ccccc1)[C@H](CO)N2C(=O)C1CCOCC1. The molecule has 1 N–H and O–H groups in total. The van der Waals surface area contributed by atoms with Crippen molar-refractivity contribution in [2.75, 3.05) is 32.9 Å². The Morgan fingerprint density at radius 1 is 1.07 bits per heavy atom. The molecule has 4 fully saturated rings. The van der Waals surface area contributed by atoms with Gasteiger partial charge in [-0.15, -0.1) is 0 Å². The Bertz CT molecular complexity index is 766. The minimum absolute atomic E-state index is 0.0392. The van der Waals surface area contributed by atoms with E-state index in [0.29, 0.717) is 38.6 Å². The highest BCUT2D eigenvalue weighted by Gasteiger charge is 2.68. The molecule has 0 bridgehead atoms. The number of benzene rings is 1. The van der Waals surface area contributed by atoms with Gasteiger partial charge in [-0.25, -0.2) is 0 Å². The summed E-state index contributed by atoms with van der Waals surface area (Å²) in [6, 6.07) is 9.96. The standard InChI is InChI=1S/C23H30N2O4/c26-13-19-21(17-4-2-1-3-5-17)23(14-24(15-23)20(27)12-16-6-7-16)25(19)22(28)18-8-10-29-11-9-18/h1-5,16,18-19,21,26H,6-15H2/t19-,21+/m0/s1. The van der Waals surface area contributed by atoms with Crippen LogP contribution in [-0.4, -0.2) is 71.2 Å². The largest absolute Gasteiger partial charge is 0.394 e. The van der Waals surface area contributed by atoms with E-state index in [1.54, 1.807) is 0 Å². The molecule has 1 aromatic rings. The van der Waals surface area contributed by atoms with E-state index < -0.39 is 0 Å². The minimum Gasteiger partial charge on any atom is -0.394 e. The van der Waals surface area contributed by atoms with Gasteiger partial charge in [-0.05, 0) is 37.2 Å². The molecule has 0 aromatic heterocycles. The lowest BCUT2D eigenvalue weighted by Crippen LogP contribution is -2.86. The minimum atomic E-state index is -0.372. The Hall–Kier alpha value is -1.92. The number of hydrogen-bond donors (Lipinski definition) is 1. The summed E-state index contributed by atoms with van der Waals surface area (Å²) in [5.41, 5.74) is 0.778. The number of ether oxygens (including phenoxy) is 1. The van der Waals surface area contributed by atoms with Crippen LogP contribution in [0.2, 0.25) is 0 Å². The lowest BCUT2D eigenvalue weighted by Gasteiger charge is -2.71. The van der Waals surface area contributed by atoms with Gasteiger partial charge >= 0.3 is 0 Å². The van der Waals surface area contributed by atoms with Crippen molar-refractivity contribution < 1.29 is 19.4 Å². The maximum absolute atomic E-state index is 13.5. The number of nitrogens with zero attached hydrogens (tertiary/aromatic N) is 2. The fraction of sp³-hybridized carbons (Fsp3) is 0.652. The highest BCUT2D eigenvalue weighted by atomic mass is 16.5. The second-order valence-electron chi connectivity index (χ2n) is 9.23. The monoisotopic (exact) mass is 398 g/mol. The maximum Gasteiger partial charge on any atom is 0.226 e. The molecule has 29 heavy (non-hydrogen) atoms. The van der Waals surface area contributed by atoms with Gasteiger partial charge in [0.25, 0.3) is 0 Å². The molecule has 6 heteroatoms. The van der Waals surface area contributed by atoms with Gasteiger partial charge in [-0.3, -0.25) is 9.59 Å². The molecule has 1 aromatic carbocycles.